The summed E-state index contributed by atoms with van der Waals surface area (Å²) in [5, 5.41) is 0. The SMILES string of the molecule is CCN(C(=O)COC(=O)c1ccc2c(c1)OCO2)[C@@H]1CCS(=O)(=O)C1. The molecule has 9 heteroatoms. The number of amides is 1. The lowest BCUT2D eigenvalue weighted by Gasteiger charge is -2.26. The Morgan fingerprint density at radius 2 is 2.04 bits per heavy atom. The largest absolute Gasteiger partial charge is 0.454 e. The van der Waals surface area contributed by atoms with Crippen LogP contribution in [0.4, 0.5) is 0 Å². The first-order chi connectivity index (χ1) is 11.9. The number of sulfone groups is 1. The summed E-state index contributed by atoms with van der Waals surface area (Å²) in [6, 6.07) is 4.27. The van der Waals surface area contributed by atoms with E-state index in [9.17, 15) is 18.0 Å². The summed E-state index contributed by atoms with van der Waals surface area (Å²) < 4.78 is 38.6. The summed E-state index contributed by atoms with van der Waals surface area (Å²) in [4.78, 5) is 25.9. The van der Waals surface area contributed by atoms with Gasteiger partial charge in [-0.1, -0.05) is 0 Å². The Bertz CT molecular complexity index is 790. The number of likely N-dealkylation sites (N-methyl/N-ethyl adjacent to an activating group) is 1. The van der Waals surface area contributed by atoms with Gasteiger partial charge in [0.15, 0.2) is 27.9 Å². The van der Waals surface area contributed by atoms with Crippen LogP contribution in [0.25, 0.3) is 0 Å². The Morgan fingerprint density at radius 3 is 2.72 bits per heavy atom. The lowest BCUT2D eigenvalue weighted by Crippen LogP contribution is -2.43. The van der Waals surface area contributed by atoms with Crippen molar-refractivity contribution in [1.29, 1.82) is 0 Å². The van der Waals surface area contributed by atoms with E-state index in [1.54, 1.807) is 13.0 Å². The molecule has 1 aromatic carbocycles. The number of fused-ring (bicyclic) bond motifs is 1. The number of ether oxygens (including phenoxy) is 3. The summed E-state index contributed by atoms with van der Waals surface area (Å²) in [5.74, 6) is -0.0130. The van der Waals surface area contributed by atoms with Crippen LogP contribution in [0.15, 0.2) is 18.2 Å². The van der Waals surface area contributed by atoms with E-state index in [1.807, 2.05) is 0 Å². The van der Waals surface area contributed by atoms with Crippen LogP contribution >= 0.6 is 0 Å². The number of carbonyl (C=O) groups is 2. The van der Waals surface area contributed by atoms with Gasteiger partial charge in [-0.15, -0.1) is 0 Å². The molecule has 0 spiro atoms. The van der Waals surface area contributed by atoms with Gasteiger partial charge in [-0.2, -0.15) is 0 Å². The maximum atomic E-state index is 12.3. The van der Waals surface area contributed by atoms with Crippen molar-refractivity contribution >= 4 is 21.7 Å². The fourth-order valence-electron chi connectivity index (χ4n) is 2.98. The van der Waals surface area contributed by atoms with Gasteiger partial charge in [0.05, 0.1) is 17.1 Å². The van der Waals surface area contributed by atoms with Crippen LogP contribution in [0.2, 0.25) is 0 Å². The Morgan fingerprint density at radius 1 is 1.28 bits per heavy atom. The molecule has 3 rings (SSSR count). The first-order valence-electron chi connectivity index (χ1n) is 7.96. The summed E-state index contributed by atoms with van der Waals surface area (Å²) >= 11 is 0. The standard InChI is InChI=1S/C16H19NO7S/c1-2-17(12-5-6-25(20,21)9-12)15(18)8-22-16(19)11-3-4-13-14(7-11)24-10-23-13/h3-4,7,12H,2,5-6,8-10H2,1H3/t12-/m1/s1. The van der Waals surface area contributed by atoms with E-state index in [4.69, 9.17) is 14.2 Å². The van der Waals surface area contributed by atoms with Gasteiger partial charge in [-0.3, -0.25) is 4.79 Å². The highest BCUT2D eigenvalue weighted by Gasteiger charge is 2.34. The fourth-order valence-corrected chi connectivity index (χ4v) is 4.71. The highest BCUT2D eigenvalue weighted by molar-refractivity contribution is 7.91. The van der Waals surface area contributed by atoms with Gasteiger partial charge in [0.1, 0.15) is 0 Å². The Labute approximate surface area is 145 Å². The van der Waals surface area contributed by atoms with Crippen molar-refractivity contribution in [1.82, 2.24) is 4.90 Å². The van der Waals surface area contributed by atoms with Crippen molar-refractivity contribution < 1.29 is 32.2 Å². The number of benzene rings is 1. The zero-order valence-corrected chi connectivity index (χ0v) is 14.6. The minimum Gasteiger partial charge on any atom is -0.454 e. The molecule has 1 saturated heterocycles. The Kier molecular flexibility index (Phi) is 4.85. The molecule has 136 valence electrons. The van der Waals surface area contributed by atoms with Gasteiger partial charge in [0.25, 0.3) is 5.91 Å². The molecule has 0 bridgehead atoms. The quantitative estimate of drug-likeness (QED) is 0.701. The van der Waals surface area contributed by atoms with E-state index >= 15 is 0 Å². The van der Waals surface area contributed by atoms with Gasteiger partial charge in [0.2, 0.25) is 6.79 Å². The molecule has 2 aliphatic rings. The molecule has 1 atom stereocenters. The molecule has 0 aliphatic carbocycles. The molecular weight excluding hydrogens is 350 g/mol. The average Bonchev–Trinajstić information content (AvgIpc) is 3.18. The lowest BCUT2D eigenvalue weighted by molar-refractivity contribution is -0.136. The number of hydrogen-bond acceptors (Lipinski definition) is 7. The molecule has 2 aliphatic heterocycles. The predicted molar refractivity (Wildman–Crippen MR) is 87.3 cm³/mol. The van der Waals surface area contributed by atoms with E-state index < -0.39 is 28.3 Å². The van der Waals surface area contributed by atoms with Crippen LogP contribution in [0, 0.1) is 0 Å². The third-order valence-corrected chi connectivity index (χ3v) is 6.00. The number of rotatable bonds is 5. The molecule has 1 fully saturated rings. The topological polar surface area (TPSA) is 99.2 Å². The highest BCUT2D eigenvalue weighted by atomic mass is 32.2. The molecular formula is C16H19NO7S. The predicted octanol–water partition coefficient (Wildman–Crippen LogP) is 0.608. The van der Waals surface area contributed by atoms with Crippen molar-refractivity contribution in [2.45, 2.75) is 19.4 Å². The third kappa shape index (κ3) is 3.87. The molecule has 0 aromatic heterocycles. The number of carbonyl (C=O) groups excluding carboxylic acids is 2. The normalized spacial score (nSPS) is 20.3. The van der Waals surface area contributed by atoms with Crippen molar-refractivity contribution in [2.75, 3.05) is 31.5 Å². The summed E-state index contributed by atoms with van der Waals surface area (Å²) in [5.41, 5.74) is 0.253. The maximum Gasteiger partial charge on any atom is 0.338 e. The molecule has 1 amide bonds. The van der Waals surface area contributed by atoms with Gasteiger partial charge >= 0.3 is 5.97 Å². The second-order valence-corrected chi connectivity index (χ2v) is 8.11. The summed E-state index contributed by atoms with van der Waals surface area (Å²) in [6.07, 6.45) is 0.415. The van der Waals surface area contributed by atoms with Gasteiger partial charge in [-0.25, -0.2) is 13.2 Å². The highest BCUT2D eigenvalue weighted by Crippen LogP contribution is 2.32. The first kappa shape index (κ1) is 17.5. The second-order valence-electron chi connectivity index (χ2n) is 5.88. The van der Waals surface area contributed by atoms with E-state index in [0.29, 0.717) is 24.5 Å². The van der Waals surface area contributed by atoms with Gasteiger partial charge in [0, 0.05) is 12.6 Å². The van der Waals surface area contributed by atoms with Crippen molar-refractivity contribution in [3.8, 4) is 11.5 Å². The van der Waals surface area contributed by atoms with Crippen LogP contribution in [-0.4, -0.2) is 62.7 Å². The third-order valence-electron chi connectivity index (χ3n) is 4.25. The van der Waals surface area contributed by atoms with E-state index in [0.717, 1.165) is 0 Å². The fraction of sp³-hybridized carbons (Fsp3) is 0.500. The molecule has 0 unspecified atom stereocenters. The van der Waals surface area contributed by atoms with Crippen LogP contribution in [-0.2, 0) is 19.4 Å². The zero-order chi connectivity index (χ0) is 18.0. The van der Waals surface area contributed by atoms with E-state index in [2.05, 4.69) is 0 Å². The van der Waals surface area contributed by atoms with Crippen LogP contribution in [0.5, 0.6) is 11.5 Å². The molecule has 0 radical (unpaired) electrons. The maximum absolute atomic E-state index is 12.3. The molecule has 0 saturated carbocycles. The smallest absolute Gasteiger partial charge is 0.338 e. The summed E-state index contributed by atoms with van der Waals surface area (Å²) in [6.45, 7) is 1.79. The first-order valence-corrected chi connectivity index (χ1v) is 9.78. The monoisotopic (exact) mass is 369 g/mol. The molecule has 1 aromatic rings. The second kappa shape index (κ2) is 6.91. The Hall–Kier alpha value is -2.29. The number of esters is 1. The number of nitrogens with zero attached hydrogens (tertiary/aromatic N) is 1. The number of hydrogen-bond donors (Lipinski definition) is 0. The average molecular weight is 369 g/mol. The molecule has 25 heavy (non-hydrogen) atoms. The van der Waals surface area contributed by atoms with E-state index in [-0.39, 0.29) is 29.9 Å². The van der Waals surface area contributed by atoms with Crippen LogP contribution in [0.1, 0.15) is 23.7 Å². The van der Waals surface area contributed by atoms with Crippen LogP contribution in [0.3, 0.4) is 0 Å². The lowest BCUT2D eigenvalue weighted by atomic mass is 10.2. The van der Waals surface area contributed by atoms with Gasteiger partial charge in [-0.05, 0) is 31.5 Å². The zero-order valence-electron chi connectivity index (χ0n) is 13.8. The summed E-state index contributed by atoms with van der Waals surface area (Å²) in [7, 11) is -3.09. The minimum atomic E-state index is -3.09. The Balaban J connectivity index is 1.58. The van der Waals surface area contributed by atoms with Gasteiger partial charge < -0.3 is 19.1 Å². The molecule has 0 N–H and O–H groups in total. The van der Waals surface area contributed by atoms with Crippen molar-refractivity contribution in [3.05, 3.63) is 23.8 Å². The van der Waals surface area contributed by atoms with Crippen molar-refractivity contribution in [3.63, 3.8) is 0 Å². The van der Waals surface area contributed by atoms with E-state index in [1.165, 1.54) is 17.0 Å². The minimum absolute atomic E-state index is 0.0390. The van der Waals surface area contributed by atoms with Crippen LogP contribution < -0.4 is 9.47 Å². The molecule has 2 heterocycles. The van der Waals surface area contributed by atoms with Crippen molar-refractivity contribution in [2.24, 2.45) is 0 Å². The molecule has 8 nitrogen and oxygen atoms in total.